The molecule has 1 fully saturated rings. The van der Waals surface area contributed by atoms with E-state index in [1.807, 2.05) is 36.1 Å². The number of nitrogens with zero attached hydrogens (tertiary/aromatic N) is 1. The molecule has 0 spiro atoms. The SMILES string of the molecule is CCc1occc1C(=O)N(Cc1ccc(N)cc1)C1CC1. The maximum absolute atomic E-state index is 12.8. The van der Waals surface area contributed by atoms with E-state index in [0.717, 1.165) is 36.3 Å². The van der Waals surface area contributed by atoms with E-state index in [0.29, 0.717) is 18.2 Å². The van der Waals surface area contributed by atoms with E-state index in [9.17, 15) is 4.79 Å². The minimum Gasteiger partial charge on any atom is -0.469 e. The van der Waals surface area contributed by atoms with Crippen molar-refractivity contribution in [3.63, 3.8) is 0 Å². The standard InChI is InChI=1S/C17H20N2O2/c1-2-16-15(9-10-21-16)17(20)19(14-7-8-14)11-12-3-5-13(18)6-4-12/h3-6,9-10,14H,2,7-8,11,18H2,1H3. The van der Waals surface area contributed by atoms with Crippen molar-refractivity contribution in [2.75, 3.05) is 5.73 Å². The number of furan rings is 1. The molecule has 2 N–H and O–H groups in total. The van der Waals surface area contributed by atoms with Crippen molar-refractivity contribution in [1.29, 1.82) is 0 Å². The summed E-state index contributed by atoms with van der Waals surface area (Å²) in [5.41, 5.74) is 8.25. The Morgan fingerprint density at radius 1 is 1.29 bits per heavy atom. The van der Waals surface area contributed by atoms with Gasteiger partial charge in [0.2, 0.25) is 0 Å². The molecule has 0 bridgehead atoms. The van der Waals surface area contributed by atoms with Gasteiger partial charge in [0.15, 0.2) is 0 Å². The molecule has 0 radical (unpaired) electrons. The molecule has 3 rings (SSSR count). The highest BCUT2D eigenvalue weighted by molar-refractivity contribution is 5.95. The Kier molecular flexibility index (Phi) is 3.69. The second-order valence-electron chi connectivity index (χ2n) is 5.52. The molecule has 4 nitrogen and oxygen atoms in total. The van der Waals surface area contributed by atoms with Gasteiger partial charge in [-0.2, -0.15) is 0 Å². The first-order valence-corrected chi connectivity index (χ1v) is 7.40. The lowest BCUT2D eigenvalue weighted by Gasteiger charge is -2.22. The predicted molar refractivity (Wildman–Crippen MR) is 81.8 cm³/mol. The highest BCUT2D eigenvalue weighted by Crippen LogP contribution is 2.30. The maximum Gasteiger partial charge on any atom is 0.257 e. The summed E-state index contributed by atoms with van der Waals surface area (Å²) in [6.07, 6.45) is 4.49. The molecule has 1 aromatic heterocycles. The van der Waals surface area contributed by atoms with Gasteiger partial charge in [0.25, 0.3) is 5.91 Å². The number of amides is 1. The van der Waals surface area contributed by atoms with Crippen molar-refractivity contribution in [3.05, 3.63) is 53.5 Å². The number of hydrogen-bond acceptors (Lipinski definition) is 3. The van der Waals surface area contributed by atoms with Crippen LogP contribution in [-0.2, 0) is 13.0 Å². The molecule has 1 aliphatic rings. The van der Waals surface area contributed by atoms with Crippen LogP contribution in [0.4, 0.5) is 5.69 Å². The molecule has 21 heavy (non-hydrogen) atoms. The van der Waals surface area contributed by atoms with Crippen LogP contribution in [0.25, 0.3) is 0 Å². The summed E-state index contributed by atoms with van der Waals surface area (Å²) in [5.74, 6) is 0.836. The van der Waals surface area contributed by atoms with Crippen molar-refractivity contribution in [2.24, 2.45) is 0 Å². The van der Waals surface area contributed by atoms with Crippen LogP contribution in [0.2, 0.25) is 0 Å². The predicted octanol–water partition coefficient (Wildman–Crippen LogP) is 3.23. The fourth-order valence-electron chi connectivity index (χ4n) is 2.53. The third kappa shape index (κ3) is 2.94. The summed E-state index contributed by atoms with van der Waals surface area (Å²) < 4.78 is 5.39. The van der Waals surface area contributed by atoms with Crippen LogP contribution in [0, 0.1) is 0 Å². The molecule has 2 aromatic rings. The van der Waals surface area contributed by atoms with E-state index in [1.165, 1.54) is 0 Å². The van der Waals surface area contributed by atoms with Gasteiger partial charge in [0.1, 0.15) is 5.76 Å². The van der Waals surface area contributed by atoms with Crippen LogP contribution in [-0.4, -0.2) is 16.8 Å². The first kappa shape index (κ1) is 13.7. The molecular weight excluding hydrogens is 264 g/mol. The van der Waals surface area contributed by atoms with Crippen LogP contribution in [0.3, 0.4) is 0 Å². The van der Waals surface area contributed by atoms with Crippen LogP contribution < -0.4 is 5.73 Å². The minimum absolute atomic E-state index is 0.0694. The van der Waals surface area contributed by atoms with Gasteiger partial charge in [-0.1, -0.05) is 19.1 Å². The molecule has 1 amide bonds. The molecule has 0 atom stereocenters. The van der Waals surface area contributed by atoms with Crippen LogP contribution >= 0.6 is 0 Å². The zero-order valence-electron chi connectivity index (χ0n) is 12.2. The first-order valence-electron chi connectivity index (χ1n) is 7.40. The van der Waals surface area contributed by atoms with Crippen LogP contribution in [0.1, 0.15) is 41.4 Å². The highest BCUT2D eigenvalue weighted by atomic mass is 16.3. The van der Waals surface area contributed by atoms with Gasteiger partial charge >= 0.3 is 0 Å². The Morgan fingerprint density at radius 3 is 2.62 bits per heavy atom. The van der Waals surface area contributed by atoms with E-state index in [1.54, 1.807) is 12.3 Å². The van der Waals surface area contributed by atoms with E-state index in [-0.39, 0.29) is 5.91 Å². The number of carbonyl (C=O) groups is 1. The summed E-state index contributed by atoms with van der Waals surface area (Å²) in [4.78, 5) is 14.7. The topological polar surface area (TPSA) is 59.5 Å². The third-order valence-electron chi connectivity index (χ3n) is 3.88. The largest absolute Gasteiger partial charge is 0.469 e. The summed E-state index contributed by atoms with van der Waals surface area (Å²) in [5, 5.41) is 0. The van der Waals surface area contributed by atoms with Crippen molar-refractivity contribution in [3.8, 4) is 0 Å². The highest BCUT2D eigenvalue weighted by Gasteiger charge is 2.34. The second kappa shape index (κ2) is 5.64. The Labute approximate surface area is 124 Å². The van der Waals surface area contributed by atoms with Crippen molar-refractivity contribution < 1.29 is 9.21 Å². The average Bonchev–Trinajstić information content (AvgIpc) is 3.22. The number of nitrogens with two attached hydrogens (primary N) is 1. The van der Waals surface area contributed by atoms with E-state index in [2.05, 4.69) is 0 Å². The van der Waals surface area contributed by atoms with Crippen molar-refractivity contribution >= 4 is 11.6 Å². The number of hydrogen-bond donors (Lipinski definition) is 1. The average molecular weight is 284 g/mol. The second-order valence-corrected chi connectivity index (χ2v) is 5.52. The summed E-state index contributed by atoms with van der Waals surface area (Å²) in [6, 6.07) is 9.84. The number of nitrogen functional groups attached to an aromatic ring is 1. The molecule has 1 heterocycles. The molecule has 4 heteroatoms. The molecular formula is C17H20N2O2. The number of carbonyl (C=O) groups excluding carboxylic acids is 1. The molecule has 1 saturated carbocycles. The number of rotatable bonds is 5. The van der Waals surface area contributed by atoms with Gasteiger partial charge in [-0.3, -0.25) is 4.79 Å². The molecule has 0 unspecified atom stereocenters. The fraction of sp³-hybridized carbons (Fsp3) is 0.353. The van der Waals surface area contributed by atoms with E-state index < -0.39 is 0 Å². The Bertz CT molecular complexity index is 626. The number of anilines is 1. The smallest absolute Gasteiger partial charge is 0.257 e. The van der Waals surface area contributed by atoms with E-state index >= 15 is 0 Å². The maximum atomic E-state index is 12.8. The zero-order valence-corrected chi connectivity index (χ0v) is 12.2. The first-order chi connectivity index (χ1) is 10.2. The third-order valence-corrected chi connectivity index (χ3v) is 3.88. The Hall–Kier alpha value is -2.23. The summed E-state index contributed by atoms with van der Waals surface area (Å²) in [7, 11) is 0. The lowest BCUT2D eigenvalue weighted by molar-refractivity contribution is 0.0727. The fourth-order valence-corrected chi connectivity index (χ4v) is 2.53. The molecule has 1 aliphatic carbocycles. The Balaban J connectivity index is 1.81. The lowest BCUT2D eigenvalue weighted by atomic mass is 10.1. The van der Waals surface area contributed by atoms with Gasteiger partial charge in [-0.25, -0.2) is 0 Å². The summed E-state index contributed by atoms with van der Waals surface area (Å²) >= 11 is 0. The van der Waals surface area contributed by atoms with Gasteiger partial charge < -0.3 is 15.1 Å². The quantitative estimate of drug-likeness (QED) is 0.857. The molecule has 0 aliphatic heterocycles. The molecule has 0 saturated heterocycles. The van der Waals surface area contributed by atoms with Gasteiger partial charge in [0, 0.05) is 24.7 Å². The van der Waals surface area contributed by atoms with Crippen LogP contribution in [0.15, 0.2) is 41.0 Å². The van der Waals surface area contributed by atoms with Gasteiger partial charge in [-0.05, 0) is 36.6 Å². The van der Waals surface area contributed by atoms with E-state index in [4.69, 9.17) is 10.2 Å². The molecule has 1 aromatic carbocycles. The summed E-state index contributed by atoms with van der Waals surface area (Å²) in [6.45, 7) is 2.62. The number of benzene rings is 1. The minimum atomic E-state index is 0.0694. The van der Waals surface area contributed by atoms with Crippen molar-refractivity contribution in [1.82, 2.24) is 4.90 Å². The molecule has 110 valence electrons. The van der Waals surface area contributed by atoms with Crippen LogP contribution in [0.5, 0.6) is 0 Å². The monoisotopic (exact) mass is 284 g/mol. The zero-order chi connectivity index (χ0) is 14.8. The normalized spacial score (nSPS) is 14.1. The van der Waals surface area contributed by atoms with Gasteiger partial charge in [0.05, 0.1) is 11.8 Å². The van der Waals surface area contributed by atoms with Crippen molar-refractivity contribution in [2.45, 2.75) is 38.8 Å². The number of aryl methyl sites for hydroxylation is 1. The Morgan fingerprint density at radius 2 is 2.00 bits per heavy atom. The lowest BCUT2D eigenvalue weighted by Crippen LogP contribution is -2.32. The van der Waals surface area contributed by atoms with Gasteiger partial charge in [-0.15, -0.1) is 0 Å².